The van der Waals surface area contributed by atoms with Crippen LogP contribution in [-0.2, 0) is 6.54 Å². The van der Waals surface area contributed by atoms with Crippen LogP contribution in [-0.4, -0.2) is 17.3 Å². The van der Waals surface area contributed by atoms with E-state index in [0.717, 1.165) is 19.4 Å². The van der Waals surface area contributed by atoms with Crippen molar-refractivity contribution >= 4 is 0 Å². The first-order valence-electron chi connectivity index (χ1n) is 6.24. The predicted octanol–water partition coefficient (Wildman–Crippen LogP) is 2.47. The average Bonchev–Trinajstić information content (AvgIpc) is 2.39. The summed E-state index contributed by atoms with van der Waals surface area (Å²) < 4.78 is 0. The van der Waals surface area contributed by atoms with Gasteiger partial charge in [-0.3, -0.25) is 0 Å². The maximum atomic E-state index is 9.56. The molecule has 88 valence electrons. The highest BCUT2D eigenvalue weighted by Gasteiger charge is 2.30. The highest BCUT2D eigenvalue weighted by molar-refractivity contribution is 5.14. The van der Waals surface area contributed by atoms with Gasteiger partial charge < -0.3 is 10.4 Å². The van der Waals surface area contributed by atoms with Crippen molar-refractivity contribution in [3.8, 4) is 0 Å². The van der Waals surface area contributed by atoms with Gasteiger partial charge in [-0.1, -0.05) is 49.6 Å². The zero-order chi connectivity index (χ0) is 11.3. The first-order chi connectivity index (χ1) is 7.85. The minimum Gasteiger partial charge on any atom is -0.394 e. The van der Waals surface area contributed by atoms with E-state index >= 15 is 0 Å². The van der Waals surface area contributed by atoms with Crippen molar-refractivity contribution < 1.29 is 5.11 Å². The molecule has 2 nitrogen and oxygen atoms in total. The number of hydrogen-bond donors (Lipinski definition) is 2. The Morgan fingerprint density at radius 1 is 1.06 bits per heavy atom. The predicted molar refractivity (Wildman–Crippen MR) is 66.2 cm³/mol. The third kappa shape index (κ3) is 2.83. The number of rotatable bonds is 4. The maximum Gasteiger partial charge on any atom is 0.0613 e. The van der Waals surface area contributed by atoms with Gasteiger partial charge in [0.2, 0.25) is 0 Å². The van der Waals surface area contributed by atoms with E-state index in [0.29, 0.717) is 0 Å². The summed E-state index contributed by atoms with van der Waals surface area (Å²) in [6.45, 7) is 1.13. The molecule has 1 aromatic rings. The van der Waals surface area contributed by atoms with Gasteiger partial charge in [0.25, 0.3) is 0 Å². The lowest BCUT2D eigenvalue weighted by molar-refractivity contribution is 0.119. The summed E-state index contributed by atoms with van der Waals surface area (Å²) in [6, 6.07) is 10.4. The molecule has 2 rings (SSSR count). The Morgan fingerprint density at radius 3 is 2.38 bits per heavy atom. The number of benzene rings is 1. The van der Waals surface area contributed by atoms with Crippen LogP contribution in [0.2, 0.25) is 0 Å². The third-order valence-electron chi connectivity index (χ3n) is 3.62. The molecule has 0 bridgehead atoms. The lowest BCUT2D eigenvalue weighted by Gasteiger charge is -2.36. The Labute approximate surface area is 97.7 Å². The van der Waals surface area contributed by atoms with Gasteiger partial charge >= 0.3 is 0 Å². The van der Waals surface area contributed by atoms with Crippen LogP contribution in [0.15, 0.2) is 30.3 Å². The highest BCUT2D eigenvalue weighted by atomic mass is 16.3. The van der Waals surface area contributed by atoms with Gasteiger partial charge in [0.1, 0.15) is 0 Å². The molecule has 0 radical (unpaired) electrons. The molecule has 0 aromatic heterocycles. The van der Waals surface area contributed by atoms with Crippen molar-refractivity contribution in [3.63, 3.8) is 0 Å². The first-order valence-corrected chi connectivity index (χ1v) is 6.24. The maximum absolute atomic E-state index is 9.56. The van der Waals surface area contributed by atoms with E-state index in [-0.39, 0.29) is 12.1 Å². The molecule has 1 saturated carbocycles. The SMILES string of the molecule is OCC1(NCc2ccccc2)CCCCC1. The van der Waals surface area contributed by atoms with Crippen molar-refractivity contribution in [2.24, 2.45) is 0 Å². The molecule has 16 heavy (non-hydrogen) atoms. The van der Waals surface area contributed by atoms with Crippen LogP contribution < -0.4 is 5.32 Å². The number of aliphatic hydroxyl groups excluding tert-OH is 1. The van der Waals surface area contributed by atoms with E-state index in [2.05, 4.69) is 29.6 Å². The number of aliphatic hydroxyl groups is 1. The Balaban J connectivity index is 1.92. The molecule has 2 N–H and O–H groups in total. The fraction of sp³-hybridized carbons (Fsp3) is 0.571. The minimum atomic E-state index is -0.0198. The molecule has 0 unspecified atom stereocenters. The third-order valence-corrected chi connectivity index (χ3v) is 3.62. The van der Waals surface area contributed by atoms with Crippen LogP contribution in [0.4, 0.5) is 0 Å². The van der Waals surface area contributed by atoms with Gasteiger partial charge in [-0.05, 0) is 18.4 Å². The van der Waals surface area contributed by atoms with Crippen LogP contribution in [0.1, 0.15) is 37.7 Å². The summed E-state index contributed by atoms with van der Waals surface area (Å²) >= 11 is 0. The Hall–Kier alpha value is -0.860. The van der Waals surface area contributed by atoms with E-state index in [1.165, 1.54) is 24.8 Å². The van der Waals surface area contributed by atoms with E-state index in [9.17, 15) is 5.11 Å². The Kier molecular flexibility index (Phi) is 3.97. The number of nitrogens with one attached hydrogen (secondary N) is 1. The molecule has 1 aromatic carbocycles. The van der Waals surface area contributed by atoms with Crippen molar-refractivity contribution in [1.82, 2.24) is 5.32 Å². The van der Waals surface area contributed by atoms with Crippen molar-refractivity contribution in [3.05, 3.63) is 35.9 Å². The number of hydrogen-bond acceptors (Lipinski definition) is 2. The van der Waals surface area contributed by atoms with E-state index < -0.39 is 0 Å². The Bertz CT molecular complexity index is 304. The summed E-state index contributed by atoms with van der Waals surface area (Å²) in [6.07, 6.45) is 6.01. The lowest BCUT2D eigenvalue weighted by Crippen LogP contribution is -2.49. The fourth-order valence-corrected chi connectivity index (χ4v) is 2.50. The second-order valence-electron chi connectivity index (χ2n) is 4.84. The van der Waals surface area contributed by atoms with Crippen LogP contribution in [0.3, 0.4) is 0 Å². The van der Waals surface area contributed by atoms with Gasteiger partial charge in [-0.2, -0.15) is 0 Å². The zero-order valence-electron chi connectivity index (χ0n) is 9.78. The molecule has 1 aliphatic rings. The topological polar surface area (TPSA) is 32.3 Å². The van der Waals surface area contributed by atoms with E-state index in [4.69, 9.17) is 0 Å². The van der Waals surface area contributed by atoms with Crippen molar-refractivity contribution in [2.45, 2.75) is 44.2 Å². The normalized spacial score (nSPS) is 19.6. The van der Waals surface area contributed by atoms with Gasteiger partial charge in [0.15, 0.2) is 0 Å². The van der Waals surface area contributed by atoms with Crippen LogP contribution in [0.5, 0.6) is 0 Å². The molecule has 0 spiro atoms. The molecular weight excluding hydrogens is 198 g/mol. The van der Waals surface area contributed by atoms with E-state index in [1.807, 2.05) is 6.07 Å². The van der Waals surface area contributed by atoms with Gasteiger partial charge in [-0.25, -0.2) is 0 Å². The molecule has 1 fully saturated rings. The molecule has 0 atom stereocenters. The molecule has 0 heterocycles. The van der Waals surface area contributed by atoms with Gasteiger partial charge in [0, 0.05) is 12.1 Å². The average molecular weight is 219 g/mol. The summed E-state index contributed by atoms with van der Waals surface area (Å²) in [5.41, 5.74) is 1.27. The molecule has 2 heteroatoms. The molecular formula is C14H21NO. The first kappa shape index (κ1) is 11.6. The smallest absolute Gasteiger partial charge is 0.0613 e. The van der Waals surface area contributed by atoms with Crippen LogP contribution >= 0.6 is 0 Å². The highest BCUT2D eigenvalue weighted by Crippen LogP contribution is 2.28. The van der Waals surface area contributed by atoms with Crippen LogP contribution in [0.25, 0.3) is 0 Å². The summed E-state index contributed by atoms with van der Waals surface area (Å²) in [5.74, 6) is 0. The molecule has 0 amide bonds. The zero-order valence-corrected chi connectivity index (χ0v) is 9.78. The van der Waals surface area contributed by atoms with Crippen molar-refractivity contribution in [2.75, 3.05) is 6.61 Å². The summed E-state index contributed by atoms with van der Waals surface area (Å²) in [7, 11) is 0. The van der Waals surface area contributed by atoms with Gasteiger partial charge in [0.05, 0.1) is 6.61 Å². The van der Waals surface area contributed by atoms with E-state index in [1.54, 1.807) is 0 Å². The Morgan fingerprint density at radius 2 is 1.75 bits per heavy atom. The largest absolute Gasteiger partial charge is 0.394 e. The molecule has 1 aliphatic carbocycles. The monoisotopic (exact) mass is 219 g/mol. The van der Waals surface area contributed by atoms with Crippen LogP contribution in [0, 0.1) is 0 Å². The standard InChI is InChI=1S/C14H21NO/c16-12-14(9-5-2-6-10-14)15-11-13-7-3-1-4-8-13/h1,3-4,7-8,15-16H,2,5-6,9-12H2. The fourth-order valence-electron chi connectivity index (χ4n) is 2.50. The second kappa shape index (κ2) is 5.46. The quantitative estimate of drug-likeness (QED) is 0.815. The summed E-state index contributed by atoms with van der Waals surface area (Å²) in [4.78, 5) is 0. The lowest BCUT2D eigenvalue weighted by atomic mass is 9.82. The minimum absolute atomic E-state index is 0.0198. The summed E-state index contributed by atoms with van der Waals surface area (Å²) in [5, 5.41) is 13.1. The molecule has 0 saturated heterocycles. The molecule has 0 aliphatic heterocycles. The van der Waals surface area contributed by atoms with Crippen molar-refractivity contribution in [1.29, 1.82) is 0 Å². The van der Waals surface area contributed by atoms with Gasteiger partial charge in [-0.15, -0.1) is 0 Å². The second-order valence-corrected chi connectivity index (χ2v) is 4.84.